The second-order valence-corrected chi connectivity index (χ2v) is 2.02. The number of aryl methyl sites for hydroxylation is 1. The molecule has 11 heavy (non-hydrogen) atoms. The Morgan fingerprint density at radius 1 is 1.82 bits per heavy atom. The van der Waals surface area contributed by atoms with Gasteiger partial charge in [0.05, 0.1) is 13.3 Å². The number of rotatable bonds is 2. The van der Waals surface area contributed by atoms with E-state index in [1.165, 1.54) is 0 Å². The van der Waals surface area contributed by atoms with Gasteiger partial charge >= 0.3 is 0 Å². The molecule has 0 saturated carbocycles. The quantitative estimate of drug-likeness (QED) is 0.585. The summed E-state index contributed by atoms with van der Waals surface area (Å²) in [7, 11) is 1.58. The topological polar surface area (TPSA) is 27.1 Å². The molecule has 0 atom stereocenters. The Labute approximate surface area is 66.0 Å². The normalized spacial score (nSPS) is 9.18. The van der Waals surface area contributed by atoms with Gasteiger partial charge in [0.1, 0.15) is 0 Å². The molecule has 0 fully saturated rings. The zero-order valence-electron chi connectivity index (χ0n) is 6.66. The number of terminal acetylenes is 1. The van der Waals surface area contributed by atoms with Crippen LogP contribution in [0.4, 0.5) is 0 Å². The van der Waals surface area contributed by atoms with Crippen LogP contribution in [-0.2, 0) is 6.54 Å². The Hall–Kier alpha value is -1.43. The summed E-state index contributed by atoms with van der Waals surface area (Å²) in [5.41, 5.74) is 0.704. The van der Waals surface area contributed by atoms with Crippen molar-refractivity contribution >= 4 is 0 Å². The molecule has 0 amide bonds. The van der Waals surface area contributed by atoms with Crippen LogP contribution in [0.25, 0.3) is 0 Å². The molecular weight excluding hydrogens is 140 g/mol. The Kier molecular flexibility index (Phi) is 2.17. The lowest BCUT2D eigenvalue weighted by Gasteiger charge is -1.98. The third-order valence-corrected chi connectivity index (χ3v) is 1.46. The van der Waals surface area contributed by atoms with Gasteiger partial charge in [-0.1, -0.05) is 0 Å². The van der Waals surface area contributed by atoms with E-state index in [0.717, 1.165) is 6.54 Å². The summed E-state index contributed by atoms with van der Waals surface area (Å²) in [6, 6.07) is 0. The van der Waals surface area contributed by atoms with Crippen LogP contribution in [0.3, 0.4) is 0 Å². The van der Waals surface area contributed by atoms with Gasteiger partial charge in [0.25, 0.3) is 0 Å². The Morgan fingerprint density at radius 2 is 2.55 bits per heavy atom. The first-order valence-corrected chi connectivity index (χ1v) is 3.39. The van der Waals surface area contributed by atoms with Crippen molar-refractivity contribution in [2.24, 2.45) is 0 Å². The fourth-order valence-corrected chi connectivity index (χ4v) is 0.903. The lowest BCUT2D eigenvalue weighted by atomic mass is 10.4. The van der Waals surface area contributed by atoms with Crippen LogP contribution in [-0.4, -0.2) is 16.9 Å². The minimum atomic E-state index is 0.661. The van der Waals surface area contributed by atoms with Crippen LogP contribution in [0.1, 0.15) is 12.6 Å². The molecule has 0 saturated heterocycles. The molecule has 0 radical (unpaired) electrons. The predicted molar refractivity (Wildman–Crippen MR) is 42.4 cm³/mol. The molecule has 0 aliphatic carbocycles. The second-order valence-electron chi connectivity index (χ2n) is 2.02. The second kappa shape index (κ2) is 3.11. The molecule has 1 rings (SSSR count). The number of aromatic nitrogens is 2. The third-order valence-electron chi connectivity index (χ3n) is 1.46. The van der Waals surface area contributed by atoms with Crippen molar-refractivity contribution in [3.8, 4) is 18.1 Å². The maximum atomic E-state index is 5.26. The summed E-state index contributed by atoms with van der Waals surface area (Å²) in [6.07, 6.45) is 6.88. The van der Waals surface area contributed by atoms with Crippen LogP contribution < -0.4 is 4.74 Å². The molecule has 58 valence electrons. The number of hydrogen-bond acceptors (Lipinski definition) is 2. The van der Waals surface area contributed by atoms with Gasteiger partial charge in [0.15, 0.2) is 11.4 Å². The predicted octanol–water partition coefficient (Wildman–Crippen LogP) is 0.893. The Balaban J connectivity index is 3.12. The van der Waals surface area contributed by atoms with Crippen LogP contribution in [0, 0.1) is 12.3 Å². The molecule has 0 spiro atoms. The van der Waals surface area contributed by atoms with Crippen molar-refractivity contribution in [3.05, 3.63) is 11.9 Å². The minimum absolute atomic E-state index is 0.661. The van der Waals surface area contributed by atoms with Crippen molar-refractivity contribution in [1.82, 2.24) is 9.78 Å². The van der Waals surface area contributed by atoms with Crippen LogP contribution >= 0.6 is 0 Å². The summed E-state index contributed by atoms with van der Waals surface area (Å²) in [4.78, 5) is 0. The molecule has 3 nitrogen and oxygen atoms in total. The summed E-state index contributed by atoms with van der Waals surface area (Å²) < 4.78 is 6.71. The smallest absolute Gasteiger partial charge is 0.172 e. The first-order valence-electron chi connectivity index (χ1n) is 3.39. The summed E-state index contributed by atoms with van der Waals surface area (Å²) >= 11 is 0. The minimum Gasteiger partial charge on any atom is -0.492 e. The number of hydrogen-bond donors (Lipinski definition) is 0. The van der Waals surface area contributed by atoms with Crippen LogP contribution in [0.15, 0.2) is 6.20 Å². The lowest BCUT2D eigenvalue weighted by molar-refractivity contribution is 0.412. The maximum absolute atomic E-state index is 5.26. The molecule has 1 aromatic rings. The van der Waals surface area contributed by atoms with Crippen LogP contribution in [0.5, 0.6) is 5.75 Å². The molecule has 0 aromatic carbocycles. The monoisotopic (exact) mass is 150 g/mol. The summed E-state index contributed by atoms with van der Waals surface area (Å²) in [5.74, 6) is 3.18. The van der Waals surface area contributed by atoms with E-state index < -0.39 is 0 Å². The van der Waals surface area contributed by atoms with E-state index in [9.17, 15) is 0 Å². The van der Waals surface area contributed by atoms with E-state index in [0.29, 0.717) is 11.4 Å². The van der Waals surface area contributed by atoms with Gasteiger partial charge < -0.3 is 4.74 Å². The van der Waals surface area contributed by atoms with Gasteiger partial charge in [0, 0.05) is 6.54 Å². The van der Waals surface area contributed by atoms with Gasteiger partial charge in [-0.25, -0.2) is 0 Å². The van der Waals surface area contributed by atoms with Crippen molar-refractivity contribution in [2.75, 3.05) is 7.11 Å². The molecular formula is C8H10N2O. The summed E-state index contributed by atoms with van der Waals surface area (Å²) in [5, 5.41) is 4.03. The van der Waals surface area contributed by atoms with E-state index in [-0.39, 0.29) is 0 Å². The first-order chi connectivity index (χ1) is 5.33. The highest BCUT2D eigenvalue weighted by Crippen LogP contribution is 2.15. The fraction of sp³-hybridized carbons (Fsp3) is 0.375. The number of methoxy groups -OCH3 is 1. The maximum Gasteiger partial charge on any atom is 0.172 e. The Bertz CT molecular complexity index is 261. The zero-order valence-corrected chi connectivity index (χ0v) is 6.66. The SMILES string of the molecule is C#Cc1c(OC)cnn1CC. The highest BCUT2D eigenvalue weighted by atomic mass is 16.5. The largest absolute Gasteiger partial charge is 0.492 e. The highest BCUT2D eigenvalue weighted by Gasteiger charge is 2.05. The van der Waals surface area contributed by atoms with Gasteiger partial charge in [-0.05, 0) is 12.8 Å². The van der Waals surface area contributed by atoms with E-state index in [4.69, 9.17) is 11.2 Å². The molecule has 0 bridgehead atoms. The molecule has 1 aromatic heterocycles. The van der Waals surface area contributed by atoms with Crippen molar-refractivity contribution in [1.29, 1.82) is 0 Å². The van der Waals surface area contributed by atoms with E-state index in [1.54, 1.807) is 18.0 Å². The standard InChI is InChI=1S/C8H10N2O/c1-4-7-8(11-3)6-9-10(7)5-2/h1,6H,5H2,2-3H3. The average molecular weight is 150 g/mol. The number of ether oxygens (including phenoxy) is 1. The average Bonchev–Trinajstić information content (AvgIpc) is 2.45. The zero-order chi connectivity index (χ0) is 8.27. The lowest BCUT2D eigenvalue weighted by Crippen LogP contribution is -1.99. The first kappa shape index (κ1) is 7.67. The van der Waals surface area contributed by atoms with Crippen molar-refractivity contribution in [2.45, 2.75) is 13.5 Å². The molecule has 0 unspecified atom stereocenters. The molecule has 1 heterocycles. The molecule has 0 aliphatic rings. The van der Waals surface area contributed by atoms with Crippen molar-refractivity contribution in [3.63, 3.8) is 0 Å². The molecule has 0 N–H and O–H groups in total. The van der Waals surface area contributed by atoms with Crippen LogP contribution in [0.2, 0.25) is 0 Å². The summed E-state index contributed by atoms with van der Waals surface area (Å²) in [6.45, 7) is 2.75. The highest BCUT2D eigenvalue weighted by molar-refractivity contribution is 5.38. The number of nitrogens with zero attached hydrogens (tertiary/aromatic N) is 2. The van der Waals surface area contributed by atoms with E-state index in [1.807, 2.05) is 6.92 Å². The molecule has 3 heteroatoms. The molecule has 0 aliphatic heterocycles. The van der Waals surface area contributed by atoms with E-state index in [2.05, 4.69) is 11.0 Å². The van der Waals surface area contributed by atoms with Gasteiger partial charge in [-0.3, -0.25) is 4.68 Å². The third kappa shape index (κ3) is 1.20. The van der Waals surface area contributed by atoms with E-state index >= 15 is 0 Å². The van der Waals surface area contributed by atoms with Gasteiger partial charge in [-0.15, -0.1) is 6.42 Å². The van der Waals surface area contributed by atoms with Gasteiger partial charge in [-0.2, -0.15) is 5.10 Å². The van der Waals surface area contributed by atoms with Gasteiger partial charge in [0.2, 0.25) is 0 Å². The fourth-order valence-electron chi connectivity index (χ4n) is 0.903. The Morgan fingerprint density at radius 3 is 3.00 bits per heavy atom. The van der Waals surface area contributed by atoms with Crippen molar-refractivity contribution < 1.29 is 4.74 Å².